The summed E-state index contributed by atoms with van der Waals surface area (Å²) in [6, 6.07) is 7.56. The first-order chi connectivity index (χ1) is 6.74. The van der Waals surface area contributed by atoms with E-state index in [9.17, 15) is 4.79 Å². The molecule has 0 saturated heterocycles. The average molecular weight is 254 g/mol. The molecular weight excluding hydrogens is 246 g/mol. The molecule has 1 aromatic heterocycles. The topological polar surface area (TPSA) is 31.2 Å². The van der Waals surface area contributed by atoms with Gasteiger partial charge in [-0.2, -0.15) is 0 Å². The molecule has 0 aliphatic heterocycles. The van der Waals surface area contributed by atoms with Gasteiger partial charge in [-0.15, -0.1) is 0 Å². The van der Waals surface area contributed by atoms with Crippen LogP contribution in [0.4, 0.5) is 4.79 Å². The number of halogens is 1. The summed E-state index contributed by atoms with van der Waals surface area (Å²) in [7, 11) is 1.37. The third-order valence-electron chi connectivity index (χ3n) is 2.05. The molecule has 0 radical (unpaired) electrons. The Balaban J connectivity index is 2.70. The molecule has 72 valence electrons. The van der Waals surface area contributed by atoms with E-state index in [1.165, 1.54) is 11.7 Å². The minimum absolute atomic E-state index is 0.377. The van der Waals surface area contributed by atoms with Crippen molar-refractivity contribution >= 4 is 32.9 Å². The smallest absolute Gasteiger partial charge is 0.418 e. The van der Waals surface area contributed by atoms with Crippen molar-refractivity contribution in [2.75, 3.05) is 7.11 Å². The Labute approximate surface area is 89.4 Å². The highest BCUT2D eigenvalue weighted by Gasteiger charge is 2.09. The zero-order chi connectivity index (χ0) is 10.1. The number of ether oxygens (including phenoxy) is 1. The van der Waals surface area contributed by atoms with Gasteiger partial charge in [-0.3, -0.25) is 4.57 Å². The molecule has 2 rings (SSSR count). The molecule has 3 nitrogen and oxygen atoms in total. The van der Waals surface area contributed by atoms with Crippen molar-refractivity contribution in [3.63, 3.8) is 0 Å². The summed E-state index contributed by atoms with van der Waals surface area (Å²) in [5.74, 6) is 0. The molecular formula is C10H8BrNO2. The summed E-state index contributed by atoms with van der Waals surface area (Å²) in [6.45, 7) is 0. The highest BCUT2D eigenvalue weighted by atomic mass is 79.9. The lowest BCUT2D eigenvalue weighted by molar-refractivity contribution is 0.174. The van der Waals surface area contributed by atoms with Crippen molar-refractivity contribution in [2.45, 2.75) is 0 Å². The van der Waals surface area contributed by atoms with Crippen molar-refractivity contribution in [3.05, 3.63) is 34.9 Å². The number of rotatable bonds is 0. The fourth-order valence-corrected chi connectivity index (χ4v) is 1.88. The van der Waals surface area contributed by atoms with Crippen molar-refractivity contribution in [3.8, 4) is 0 Å². The predicted molar refractivity (Wildman–Crippen MR) is 57.4 cm³/mol. The molecule has 0 bridgehead atoms. The number of fused-ring (bicyclic) bond motifs is 1. The molecule has 0 spiro atoms. The van der Waals surface area contributed by atoms with Crippen LogP contribution in [0.3, 0.4) is 0 Å². The minimum Gasteiger partial charge on any atom is -0.452 e. The standard InChI is InChI=1S/C10H8BrNO2/c1-14-10(13)12-6-5-7-8(11)3-2-4-9(7)12/h2-6H,1H3. The molecule has 0 N–H and O–H groups in total. The molecule has 4 heteroatoms. The van der Waals surface area contributed by atoms with Gasteiger partial charge in [0.25, 0.3) is 0 Å². The van der Waals surface area contributed by atoms with Crippen LogP contribution in [-0.4, -0.2) is 17.8 Å². The molecule has 0 amide bonds. The number of carbonyl (C=O) groups is 1. The summed E-state index contributed by atoms with van der Waals surface area (Å²) in [5.41, 5.74) is 0.839. The van der Waals surface area contributed by atoms with Gasteiger partial charge in [0.15, 0.2) is 0 Å². The van der Waals surface area contributed by atoms with Gasteiger partial charge in [-0.25, -0.2) is 4.79 Å². The molecule has 0 fully saturated rings. The normalized spacial score (nSPS) is 10.4. The first-order valence-corrected chi connectivity index (χ1v) is 4.87. The van der Waals surface area contributed by atoms with E-state index in [1.54, 1.807) is 6.20 Å². The van der Waals surface area contributed by atoms with Crippen LogP contribution in [0, 0.1) is 0 Å². The number of nitrogens with zero attached hydrogens (tertiary/aromatic N) is 1. The minimum atomic E-state index is -0.377. The highest BCUT2D eigenvalue weighted by Crippen LogP contribution is 2.24. The lowest BCUT2D eigenvalue weighted by Gasteiger charge is -2.01. The van der Waals surface area contributed by atoms with E-state index in [4.69, 9.17) is 0 Å². The Bertz CT molecular complexity index is 490. The Morgan fingerprint density at radius 1 is 1.43 bits per heavy atom. The monoisotopic (exact) mass is 253 g/mol. The van der Waals surface area contributed by atoms with Gasteiger partial charge in [0.05, 0.1) is 12.6 Å². The summed E-state index contributed by atoms with van der Waals surface area (Å²) in [5, 5.41) is 0.998. The second-order valence-corrected chi connectivity index (χ2v) is 3.68. The van der Waals surface area contributed by atoms with Crippen molar-refractivity contribution < 1.29 is 9.53 Å². The van der Waals surface area contributed by atoms with E-state index in [1.807, 2.05) is 24.3 Å². The van der Waals surface area contributed by atoms with E-state index in [-0.39, 0.29) is 6.09 Å². The molecule has 0 atom stereocenters. The molecule has 1 aromatic carbocycles. The zero-order valence-electron chi connectivity index (χ0n) is 7.53. The van der Waals surface area contributed by atoms with E-state index in [2.05, 4.69) is 20.7 Å². The summed E-state index contributed by atoms with van der Waals surface area (Å²) in [6.07, 6.45) is 1.32. The SMILES string of the molecule is COC(=O)n1ccc2c(Br)cccc21. The van der Waals surface area contributed by atoms with Gasteiger partial charge in [-0.1, -0.05) is 22.0 Å². The molecule has 14 heavy (non-hydrogen) atoms. The van der Waals surface area contributed by atoms with Gasteiger partial charge in [0.2, 0.25) is 0 Å². The van der Waals surface area contributed by atoms with Crippen LogP contribution < -0.4 is 0 Å². The van der Waals surface area contributed by atoms with Gasteiger partial charge in [0.1, 0.15) is 0 Å². The first-order valence-electron chi connectivity index (χ1n) is 4.08. The van der Waals surface area contributed by atoms with E-state index in [0.29, 0.717) is 0 Å². The third-order valence-corrected chi connectivity index (χ3v) is 2.74. The van der Waals surface area contributed by atoms with Crippen molar-refractivity contribution in [2.24, 2.45) is 0 Å². The van der Waals surface area contributed by atoms with Crippen LogP contribution in [0.25, 0.3) is 10.9 Å². The van der Waals surface area contributed by atoms with Gasteiger partial charge in [0, 0.05) is 16.1 Å². The number of hydrogen-bond donors (Lipinski definition) is 0. The second-order valence-electron chi connectivity index (χ2n) is 2.83. The van der Waals surface area contributed by atoms with E-state index >= 15 is 0 Å². The van der Waals surface area contributed by atoms with Crippen LogP contribution in [0.5, 0.6) is 0 Å². The molecule has 0 aliphatic carbocycles. The summed E-state index contributed by atoms with van der Waals surface area (Å²) < 4.78 is 7.09. The molecule has 0 aliphatic rings. The first kappa shape index (κ1) is 9.27. The summed E-state index contributed by atoms with van der Waals surface area (Å²) >= 11 is 3.42. The molecule has 1 heterocycles. The maximum Gasteiger partial charge on any atom is 0.418 e. The quantitative estimate of drug-likeness (QED) is 0.723. The lowest BCUT2D eigenvalue weighted by Crippen LogP contribution is -2.09. The maximum atomic E-state index is 11.3. The van der Waals surface area contributed by atoms with Crippen molar-refractivity contribution in [1.29, 1.82) is 0 Å². The highest BCUT2D eigenvalue weighted by molar-refractivity contribution is 9.10. The number of carbonyl (C=O) groups excluding carboxylic acids is 1. The van der Waals surface area contributed by atoms with Gasteiger partial charge < -0.3 is 4.74 Å². The fourth-order valence-electron chi connectivity index (χ4n) is 1.39. The number of benzene rings is 1. The Hall–Kier alpha value is -1.29. The van der Waals surface area contributed by atoms with Gasteiger partial charge >= 0.3 is 6.09 Å². The van der Waals surface area contributed by atoms with Crippen LogP contribution in [0.15, 0.2) is 34.9 Å². The van der Waals surface area contributed by atoms with E-state index in [0.717, 1.165) is 15.4 Å². The predicted octanol–water partition coefficient (Wildman–Crippen LogP) is 3.02. The third kappa shape index (κ3) is 1.32. The largest absolute Gasteiger partial charge is 0.452 e. The molecule has 2 aromatic rings. The van der Waals surface area contributed by atoms with Crippen LogP contribution in [0.2, 0.25) is 0 Å². The molecule has 0 unspecified atom stereocenters. The Morgan fingerprint density at radius 3 is 2.93 bits per heavy atom. The van der Waals surface area contributed by atoms with Crippen molar-refractivity contribution in [1.82, 2.24) is 4.57 Å². The lowest BCUT2D eigenvalue weighted by atomic mass is 10.2. The second kappa shape index (κ2) is 3.46. The zero-order valence-corrected chi connectivity index (χ0v) is 9.11. The fraction of sp³-hybridized carbons (Fsp3) is 0.100. The number of methoxy groups -OCH3 is 1. The van der Waals surface area contributed by atoms with Crippen LogP contribution in [0.1, 0.15) is 0 Å². The summed E-state index contributed by atoms with van der Waals surface area (Å²) in [4.78, 5) is 11.3. The van der Waals surface area contributed by atoms with Gasteiger partial charge in [-0.05, 0) is 18.2 Å². The Morgan fingerprint density at radius 2 is 2.21 bits per heavy atom. The van der Waals surface area contributed by atoms with E-state index < -0.39 is 0 Å². The molecule has 0 saturated carbocycles. The van der Waals surface area contributed by atoms with Crippen LogP contribution >= 0.6 is 15.9 Å². The maximum absolute atomic E-state index is 11.3. The number of aromatic nitrogens is 1. The number of hydrogen-bond acceptors (Lipinski definition) is 2. The van der Waals surface area contributed by atoms with Crippen LogP contribution in [-0.2, 0) is 4.74 Å². The Kier molecular flexibility index (Phi) is 2.29. The average Bonchev–Trinajstić information content (AvgIpc) is 2.62.